The fourth-order valence-corrected chi connectivity index (χ4v) is 1.94. The molecule has 0 aliphatic heterocycles. The first-order chi connectivity index (χ1) is 8.76. The van der Waals surface area contributed by atoms with Crippen molar-refractivity contribution in [3.8, 4) is 5.75 Å². The van der Waals surface area contributed by atoms with Gasteiger partial charge in [0.2, 0.25) is 5.91 Å². The number of quaternary nitrogens is 1. The Balaban J connectivity index is 2.97. The van der Waals surface area contributed by atoms with Crippen LogP contribution < -0.4 is 16.2 Å². The summed E-state index contributed by atoms with van der Waals surface area (Å²) in [5.74, 6) is -0.0557. The number of nitrogens with two attached hydrogens (primary N) is 1. The summed E-state index contributed by atoms with van der Waals surface area (Å²) >= 11 is 0. The molecule has 5 N–H and O–H groups in total. The zero-order valence-corrected chi connectivity index (χ0v) is 11.7. The van der Waals surface area contributed by atoms with Gasteiger partial charge in [-0.2, -0.15) is 0 Å². The average molecular weight is 265 g/mol. The number of hydrogen-bond acceptors (Lipinski definition) is 3. The number of methoxy groups -OCH3 is 1. The monoisotopic (exact) mass is 265 g/mol. The van der Waals surface area contributed by atoms with Crippen LogP contribution in [0.3, 0.4) is 0 Å². The number of carbonyl (C=O) groups is 2. The van der Waals surface area contributed by atoms with Crippen molar-refractivity contribution in [3.05, 3.63) is 23.8 Å². The number of amides is 1. The van der Waals surface area contributed by atoms with Crippen molar-refractivity contribution >= 4 is 17.4 Å². The summed E-state index contributed by atoms with van der Waals surface area (Å²) in [6.45, 7) is 3.60. The predicted molar refractivity (Wildman–Crippen MR) is 71.8 cm³/mol. The molecule has 0 spiro atoms. The van der Waals surface area contributed by atoms with Gasteiger partial charge < -0.3 is 16.2 Å². The van der Waals surface area contributed by atoms with Gasteiger partial charge in [0.1, 0.15) is 17.2 Å². The molecule has 0 unspecified atom stereocenters. The van der Waals surface area contributed by atoms with E-state index in [1.807, 2.05) is 18.2 Å². The summed E-state index contributed by atoms with van der Waals surface area (Å²) in [5.41, 5.74) is 10.0. The van der Waals surface area contributed by atoms with Gasteiger partial charge in [-0.3, -0.25) is 9.59 Å². The van der Waals surface area contributed by atoms with E-state index in [-0.39, 0.29) is 12.2 Å². The second-order valence-electron chi connectivity index (χ2n) is 5.27. The fraction of sp³-hybridized carbons (Fsp3) is 0.429. The van der Waals surface area contributed by atoms with E-state index in [1.54, 1.807) is 21.0 Å². The topological polar surface area (TPSA) is 97.0 Å². The van der Waals surface area contributed by atoms with Crippen LogP contribution in [-0.2, 0) is 16.0 Å². The van der Waals surface area contributed by atoms with Gasteiger partial charge >= 0.3 is 0 Å². The molecule has 0 saturated carbocycles. The van der Waals surface area contributed by atoms with E-state index in [2.05, 4.69) is 5.73 Å². The first-order valence-electron chi connectivity index (χ1n) is 6.07. The smallest absolute Gasteiger partial charge is 0.224 e. The van der Waals surface area contributed by atoms with Crippen molar-refractivity contribution in [2.24, 2.45) is 11.1 Å². The number of Topliss-reactive ketones (excluding diaryl/α,β-unsaturated/α-hetero) is 1. The standard InChI is InChI=1S/C14H20N2O3/c1-14(2,12(17)7-13(16)18)8-9-6-10(15)4-5-11(9)19-3/h4-6H,7-8,15H2,1-3H3,(H2,16,18)/p+1. The van der Waals surface area contributed by atoms with Crippen LogP contribution in [0.1, 0.15) is 25.8 Å². The molecule has 0 heterocycles. The Morgan fingerprint density at radius 3 is 2.53 bits per heavy atom. The first kappa shape index (κ1) is 15.2. The lowest BCUT2D eigenvalue weighted by atomic mass is 9.80. The highest BCUT2D eigenvalue weighted by Crippen LogP contribution is 2.30. The van der Waals surface area contributed by atoms with E-state index in [0.717, 1.165) is 11.3 Å². The van der Waals surface area contributed by atoms with Crippen LogP contribution in [0.25, 0.3) is 0 Å². The molecule has 5 nitrogen and oxygen atoms in total. The quantitative estimate of drug-likeness (QED) is 0.736. The Labute approximate surface area is 112 Å². The summed E-state index contributed by atoms with van der Waals surface area (Å²) < 4.78 is 5.28. The summed E-state index contributed by atoms with van der Waals surface area (Å²) in [6, 6.07) is 5.56. The van der Waals surface area contributed by atoms with Gasteiger partial charge in [0.05, 0.1) is 13.5 Å². The van der Waals surface area contributed by atoms with Crippen molar-refractivity contribution in [3.63, 3.8) is 0 Å². The van der Waals surface area contributed by atoms with Gasteiger partial charge in [-0.05, 0) is 12.5 Å². The number of benzene rings is 1. The maximum atomic E-state index is 12.0. The minimum absolute atomic E-state index is 0.170. The largest absolute Gasteiger partial charge is 0.496 e. The molecule has 104 valence electrons. The summed E-state index contributed by atoms with van der Waals surface area (Å²) in [7, 11) is 1.58. The molecule has 0 aromatic heterocycles. The lowest BCUT2D eigenvalue weighted by Crippen LogP contribution is -2.40. The molecular weight excluding hydrogens is 244 g/mol. The molecule has 0 radical (unpaired) electrons. The third-order valence-electron chi connectivity index (χ3n) is 3.07. The zero-order chi connectivity index (χ0) is 14.6. The number of primary amides is 1. The Morgan fingerprint density at radius 1 is 1.37 bits per heavy atom. The van der Waals surface area contributed by atoms with Gasteiger partial charge in [-0.25, -0.2) is 0 Å². The van der Waals surface area contributed by atoms with E-state index in [1.165, 1.54) is 0 Å². The SMILES string of the molecule is COc1ccc([NH3+])cc1CC(C)(C)C(=O)CC(N)=O. The van der Waals surface area contributed by atoms with Gasteiger partial charge in [-0.1, -0.05) is 13.8 Å². The Bertz CT molecular complexity index is 495. The van der Waals surface area contributed by atoms with Gasteiger partial charge in [0.25, 0.3) is 0 Å². The number of carbonyl (C=O) groups excluding carboxylic acids is 2. The Morgan fingerprint density at radius 2 is 2.00 bits per heavy atom. The molecule has 0 aliphatic carbocycles. The average Bonchev–Trinajstić information content (AvgIpc) is 2.27. The molecule has 0 fully saturated rings. The van der Waals surface area contributed by atoms with Crippen molar-refractivity contribution in [1.29, 1.82) is 0 Å². The van der Waals surface area contributed by atoms with E-state index >= 15 is 0 Å². The van der Waals surface area contributed by atoms with E-state index in [4.69, 9.17) is 10.5 Å². The molecule has 1 aromatic rings. The molecule has 19 heavy (non-hydrogen) atoms. The molecule has 1 amide bonds. The van der Waals surface area contributed by atoms with Crippen LogP contribution in [0.4, 0.5) is 5.69 Å². The van der Waals surface area contributed by atoms with Crippen LogP contribution in [-0.4, -0.2) is 18.8 Å². The highest BCUT2D eigenvalue weighted by Gasteiger charge is 2.30. The molecule has 0 aliphatic rings. The van der Waals surface area contributed by atoms with Crippen LogP contribution in [0, 0.1) is 5.41 Å². The van der Waals surface area contributed by atoms with Crippen LogP contribution >= 0.6 is 0 Å². The molecule has 5 heteroatoms. The highest BCUT2D eigenvalue weighted by molar-refractivity contribution is 6.00. The molecular formula is C14H21N2O3+. The maximum absolute atomic E-state index is 12.0. The van der Waals surface area contributed by atoms with Crippen molar-refractivity contribution in [1.82, 2.24) is 0 Å². The zero-order valence-electron chi connectivity index (χ0n) is 11.7. The second kappa shape index (κ2) is 5.84. The third kappa shape index (κ3) is 4.06. The summed E-state index contributed by atoms with van der Waals surface area (Å²) in [6.07, 6.45) is 0.241. The number of ketones is 1. The maximum Gasteiger partial charge on any atom is 0.224 e. The molecule has 0 bridgehead atoms. The van der Waals surface area contributed by atoms with Gasteiger partial charge in [0.15, 0.2) is 0 Å². The van der Waals surface area contributed by atoms with Crippen molar-refractivity contribution in [2.45, 2.75) is 26.7 Å². The number of ether oxygens (including phenoxy) is 1. The molecule has 0 atom stereocenters. The third-order valence-corrected chi connectivity index (χ3v) is 3.07. The van der Waals surface area contributed by atoms with Gasteiger partial charge in [-0.15, -0.1) is 0 Å². The predicted octanol–water partition coefficient (Wildman–Crippen LogP) is 0.582. The van der Waals surface area contributed by atoms with Crippen LogP contribution in [0.15, 0.2) is 18.2 Å². The van der Waals surface area contributed by atoms with E-state index < -0.39 is 11.3 Å². The Hall–Kier alpha value is -1.88. The van der Waals surface area contributed by atoms with E-state index in [0.29, 0.717) is 12.2 Å². The number of rotatable bonds is 6. The summed E-state index contributed by atoms with van der Waals surface area (Å²) in [4.78, 5) is 22.9. The van der Waals surface area contributed by atoms with Crippen molar-refractivity contribution in [2.75, 3.05) is 7.11 Å². The normalized spacial score (nSPS) is 11.2. The first-order valence-corrected chi connectivity index (χ1v) is 6.07. The molecule has 0 saturated heterocycles. The second-order valence-corrected chi connectivity index (χ2v) is 5.27. The molecule has 1 aromatic carbocycles. The Kier molecular flexibility index (Phi) is 4.67. The minimum atomic E-state index is -0.671. The van der Waals surface area contributed by atoms with Crippen LogP contribution in [0.2, 0.25) is 0 Å². The molecule has 1 rings (SSSR count). The fourth-order valence-electron chi connectivity index (χ4n) is 1.94. The highest BCUT2D eigenvalue weighted by atomic mass is 16.5. The van der Waals surface area contributed by atoms with E-state index in [9.17, 15) is 9.59 Å². The van der Waals surface area contributed by atoms with Crippen LogP contribution in [0.5, 0.6) is 5.75 Å². The lowest BCUT2D eigenvalue weighted by Gasteiger charge is -2.23. The minimum Gasteiger partial charge on any atom is -0.496 e. The summed E-state index contributed by atoms with van der Waals surface area (Å²) in [5, 5.41) is 0. The van der Waals surface area contributed by atoms with Gasteiger partial charge in [0, 0.05) is 23.1 Å². The number of hydrogen-bond donors (Lipinski definition) is 2. The lowest BCUT2D eigenvalue weighted by molar-refractivity contribution is -0.254. The van der Waals surface area contributed by atoms with Crippen molar-refractivity contribution < 1.29 is 20.1 Å².